The van der Waals surface area contributed by atoms with Gasteiger partial charge >= 0.3 is 0 Å². The monoisotopic (exact) mass is 330 g/mol. The van der Waals surface area contributed by atoms with Crippen LogP contribution in [0.4, 0.5) is 0 Å². The number of benzene rings is 1. The Labute approximate surface area is 133 Å². The molecular weight excluding hydrogens is 312 g/mol. The molecule has 1 heterocycles. The van der Waals surface area contributed by atoms with Crippen LogP contribution in [0, 0.1) is 0 Å². The number of carbonyl (C=O) groups is 1. The molecule has 1 aromatic rings. The second-order valence-electron chi connectivity index (χ2n) is 4.81. The standard InChI is InChI=1S/C14H19ClN2O3S/c1-19-12-5-9(6-17-10-2-3-21-8-10)4-11(15)14(12)20-7-13(16)18/h4-5,10,17H,2-3,6-8H2,1H3,(H2,16,18). The summed E-state index contributed by atoms with van der Waals surface area (Å²) in [5.74, 6) is 2.64. The Morgan fingerprint density at radius 3 is 3.00 bits per heavy atom. The number of halogens is 1. The van der Waals surface area contributed by atoms with Crippen LogP contribution in [0.25, 0.3) is 0 Å². The zero-order valence-electron chi connectivity index (χ0n) is 11.9. The lowest BCUT2D eigenvalue weighted by Gasteiger charge is -2.15. The van der Waals surface area contributed by atoms with E-state index in [9.17, 15) is 4.79 Å². The van der Waals surface area contributed by atoms with Gasteiger partial charge in [0.15, 0.2) is 18.1 Å². The van der Waals surface area contributed by atoms with E-state index in [1.807, 2.05) is 23.9 Å². The maximum Gasteiger partial charge on any atom is 0.255 e. The number of ether oxygens (including phenoxy) is 2. The van der Waals surface area contributed by atoms with E-state index >= 15 is 0 Å². The summed E-state index contributed by atoms with van der Waals surface area (Å²) in [6, 6.07) is 4.22. The SMILES string of the molecule is COc1cc(CNC2CCSC2)cc(Cl)c1OCC(N)=O. The van der Waals surface area contributed by atoms with Crippen molar-refractivity contribution in [2.24, 2.45) is 5.73 Å². The Balaban J connectivity index is 2.05. The van der Waals surface area contributed by atoms with Crippen molar-refractivity contribution in [1.29, 1.82) is 0 Å². The van der Waals surface area contributed by atoms with Gasteiger partial charge in [-0.3, -0.25) is 4.79 Å². The van der Waals surface area contributed by atoms with Crippen molar-refractivity contribution in [3.05, 3.63) is 22.7 Å². The second kappa shape index (κ2) is 7.77. The Morgan fingerprint density at radius 2 is 2.38 bits per heavy atom. The minimum atomic E-state index is -0.558. The number of hydrogen-bond donors (Lipinski definition) is 2. The van der Waals surface area contributed by atoms with Crippen LogP contribution < -0.4 is 20.5 Å². The van der Waals surface area contributed by atoms with E-state index in [1.54, 1.807) is 0 Å². The summed E-state index contributed by atoms with van der Waals surface area (Å²) in [5, 5.41) is 3.91. The number of nitrogens with two attached hydrogens (primary N) is 1. The lowest BCUT2D eigenvalue weighted by molar-refractivity contribution is -0.119. The van der Waals surface area contributed by atoms with Gasteiger partial charge in [-0.15, -0.1) is 0 Å². The Kier molecular flexibility index (Phi) is 6.02. The van der Waals surface area contributed by atoms with Gasteiger partial charge in [0.1, 0.15) is 0 Å². The molecule has 1 aliphatic heterocycles. The van der Waals surface area contributed by atoms with Gasteiger partial charge in [-0.1, -0.05) is 11.6 Å². The normalized spacial score (nSPS) is 17.7. The second-order valence-corrected chi connectivity index (χ2v) is 6.36. The third kappa shape index (κ3) is 4.69. The van der Waals surface area contributed by atoms with Crippen LogP contribution >= 0.6 is 23.4 Å². The summed E-state index contributed by atoms with van der Waals surface area (Å²) >= 11 is 8.17. The van der Waals surface area contributed by atoms with Gasteiger partial charge in [-0.2, -0.15) is 11.8 Å². The number of thioether (sulfide) groups is 1. The van der Waals surface area contributed by atoms with Gasteiger partial charge in [0, 0.05) is 18.3 Å². The van der Waals surface area contributed by atoms with Crippen molar-refractivity contribution in [2.75, 3.05) is 25.2 Å². The van der Waals surface area contributed by atoms with Crippen molar-refractivity contribution in [3.63, 3.8) is 0 Å². The highest BCUT2D eigenvalue weighted by atomic mass is 35.5. The van der Waals surface area contributed by atoms with E-state index in [4.69, 9.17) is 26.8 Å². The highest BCUT2D eigenvalue weighted by molar-refractivity contribution is 7.99. The number of nitrogens with one attached hydrogen (secondary N) is 1. The molecule has 5 nitrogen and oxygen atoms in total. The fraction of sp³-hybridized carbons (Fsp3) is 0.500. The van der Waals surface area contributed by atoms with Crippen LogP contribution in [0.15, 0.2) is 12.1 Å². The number of hydrogen-bond acceptors (Lipinski definition) is 5. The van der Waals surface area contributed by atoms with Crippen molar-refractivity contribution in [1.82, 2.24) is 5.32 Å². The highest BCUT2D eigenvalue weighted by Crippen LogP contribution is 2.36. The first kappa shape index (κ1) is 16.3. The van der Waals surface area contributed by atoms with Gasteiger partial charge in [0.2, 0.25) is 0 Å². The fourth-order valence-electron chi connectivity index (χ4n) is 2.12. The third-order valence-corrected chi connectivity index (χ3v) is 4.62. The van der Waals surface area contributed by atoms with Gasteiger partial charge in [0.05, 0.1) is 12.1 Å². The molecule has 1 fully saturated rings. The number of methoxy groups -OCH3 is 1. The predicted octanol–water partition coefficient (Wildman–Crippen LogP) is 1.81. The molecule has 0 spiro atoms. The van der Waals surface area contributed by atoms with Gasteiger partial charge in [-0.25, -0.2) is 0 Å². The molecule has 0 bridgehead atoms. The fourth-order valence-corrected chi connectivity index (χ4v) is 3.59. The average Bonchev–Trinajstić information content (AvgIpc) is 2.96. The number of amides is 1. The lowest BCUT2D eigenvalue weighted by Crippen LogP contribution is -2.28. The minimum absolute atomic E-state index is 0.229. The molecule has 2 rings (SSSR count). The van der Waals surface area contributed by atoms with Crippen LogP contribution in [0.1, 0.15) is 12.0 Å². The lowest BCUT2D eigenvalue weighted by atomic mass is 10.1. The molecule has 3 N–H and O–H groups in total. The molecule has 1 amide bonds. The molecule has 1 atom stereocenters. The van der Waals surface area contributed by atoms with E-state index < -0.39 is 5.91 Å². The van der Waals surface area contributed by atoms with Crippen LogP contribution in [0.3, 0.4) is 0 Å². The molecule has 1 unspecified atom stereocenters. The molecule has 0 radical (unpaired) electrons. The van der Waals surface area contributed by atoms with Gasteiger partial charge < -0.3 is 20.5 Å². The largest absolute Gasteiger partial charge is 0.493 e. The van der Waals surface area contributed by atoms with E-state index in [0.717, 1.165) is 17.9 Å². The summed E-state index contributed by atoms with van der Waals surface area (Å²) in [5.41, 5.74) is 6.08. The summed E-state index contributed by atoms with van der Waals surface area (Å²) < 4.78 is 10.6. The number of carbonyl (C=O) groups excluding carboxylic acids is 1. The third-order valence-electron chi connectivity index (χ3n) is 3.17. The van der Waals surface area contributed by atoms with Crippen LogP contribution in [0.5, 0.6) is 11.5 Å². The molecule has 1 aliphatic rings. The average molecular weight is 331 g/mol. The number of rotatable bonds is 7. The molecule has 7 heteroatoms. The molecule has 21 heavy (non-hydrogen) atoms. The first-order chi connectivity index (χ1) is 10.1. The molecule has 0 aliphatic carbocycles. The van der Waals surface area contributed by atoms with Crippen molar-refractivity contribution in [2.45, 2.75) is 19.0 Å². The van der Waals surface area contributed by atoms with E-state index in [-0.39, 0.29) is 6.61 Å². The molecular formula is C14H19ClN2O3S. The van der Waals surface area contributed by atoms with Crippen LogP contribution in [-0.4, -0.2) is 37.2 Å². The zero-order valence-corrected chi connectivity index (χ0v) is 13.4. The van der Waals surface area contributed by atoms with E-state index in [0.29, 0.717) is 22.6 Å². The zero-order chi connectivity index (χ0) is 15.2. The molecule has 0 aromatic heterocycles. The molecule has 1 saturated heterocycles. The highest BCUT2D eigenvalue weighted by Gasteiger charge is 2.16. The van der Waals surface area contributed by atoms with E-state index in [1.165, 1.54) is 19.3 Å². The maximum atomic E-state index is 10.8. The summed E-state index contributed by atoms with van der Waals surface area (Å²) in [6.07, 6.45) is 1.19. The molecule has 1 aromatic carbocycles. The minimum Gasteiger partial charge on any atom is -0.493 e. The van der Waals surface area contributed by atoms with Crippen molar-refractivity contribution < 1.29 is 14.3 Å². The Bertz CT molecular complexity index is 507. The summed E-state index contributed by atoms with van der Waals surface area (Å²) in [4.78, 5) is 10.8. The Hall–Kier alpha value is -1.11. The van der Waals surface area contributed by atoms with Crippen molar-refractivity contribution >= 4 is 29.3 Å². The maximum absolute atomic E-state index is 10.8. The number of primary amides is 1. The summed E-state index contributed by atoms with van der Waals surface area (Å²) in [7, 11) is 1.54. The predicted molar refractivity (Wildman–Crippen MR) is 85.3 cm³/mol. The van der Waals surface area contributed by atoms with Crippen molar-refractivity contribution in [3.8, 4) is 11.5 Å². The Morgan fingerprint density at radius 1 is 1.57 bits per heavy atom. The molecule has 116 valence electrons. The van der Waals surface area contributed by atoms with Crippen LogP contribution in [0.2, 0.25) is 5.02 Å². The smallest absolute Gasteiger partial charge is 0.255 e. The topological polar surface area (TPSA) is 73.6 Å². The van der Waals surface area contributed by atoms with Crippen LogP contribution in [-0.2, 0) is 11.3 Å². The quantitative estimate of drug-likeness (QED) is 0.797. The van der Waals surface area contributed by atoms with E-state index in [2.05, 4.69) is 5.32 Å². The molecule has 0 saturated carbocycles. The van der Waals surface area contributed by atoms with Gasteiger partial charge in [-0.05, 0) is 29.9 Å². The summed E-state index contributed by atoms with van der Waals surface area (Å²) in [6.45, 7) is 0.490. The first-order valence-corrected chi connectivity index (χ1v) is 8.22. The van der Waals surface area contributed by atoms with Gasteiger partial charge in [0.25, 0.3) is 5.91 Å². The first-order valence-electron chi connectivity index (χ1n) is 6.68.